The molecule has 1 aromatic carbocycles. The summed E-state index contributed by atoms with van der Waals surface area (Å²) in [5.41, 5.74) is 3.92. The van der Waals surface area contributed by atoms with Crippen LogP contribution in [0.25, 0.3) is 0 Å². The van der Waals surface area contributed by atoms with Crippen LogP contribution in [0.4, 0.5) is 5.69 Å². The van der Waals surface area contributed by atoms with Crippen LogP contribution in [0.2, 0.25) is 0 Å². The van der Waals surface area contributed by atoms with Gasteiger partial charge in [-0.15, -0.1) is 0 Å². The predicted molar refractivity (Wildman–Crippen MR) is 88.3 cm³/mol. The summed E-state index contributed by atoms with van der Waals surface area (Å²) in [7, 11) is 4.08. The van der Waals surface area contributed by atoms with E-state index in [0.717, 1.165) is 13.1 Å². The van der Waals surface area contributed by atoms with E-state index >= 15 is 0 Å². The minimum Gasteiger partial charge on any atom is -0.370 e. The van der Waals surface area contributed by atoms with Gasteiger partial charge in [-0.1, -0.05) is 18.2 Å². The van der Waals surface area contributed by atoms with Crippen molar-refractivity contribution in [3.63, 3.8) is 0 Å². The Kier molecular flexibility index (Phi) is 4.68. The van der Waals surface area contributed by atoms with Gasteiger partial charge in [0.05, 0.1) is 6.20 Å². The SMILES string of the molecule is CN(Cc1cnn(C)c1)c1ccccc1CNC(C)(C)C. The van der Waals surface area contributed by atoms with Gasteiger partial charge in [-0.05, 0) is 32.4 Å². The highest BCUT2D eigenvalue weighted by Gasteiger charge is 2.12. The van der Waals surface area contributed by atoms with Gasteiger partial charge in [-0.2, -0.15) is 5.10 Å². The van der Waals surface area contributed by atoms with Crippen molar-refractivity contribution in [3.05, 3.63) is 47.8 Å². The highest BCUT2D eigenvalue weighted by Crippen LogP contribution is 2.21. The third kappa shape index (κ3) is 4.60. The summed E-state index contributed by atoms with van der Waals surface area (Å²) in [5, 5.41) is 7.79. The second-order valence-corrected chi connectivity index (χ2v) is 6.61. The lowest BCUT2D eigenvalue weighted by molar-refractivity contribution is 0.424. The van der Waals surface area contributed by atoms with Gasteiger partial charge in [-0.25, -0.2) is 0 Å². The quantitative estimate of drug-likeness (QED) is 0.917. The molecule has 0 fully saturated rings. The van der Waals surface area contributed by atoms with Crippen LogP contribution in [0.15, 0.2) is 36.7 Å². The zero-order chi connectivity index (χ0) is 15.5. The molecule has 0 radical (unpaired) electrons. The number of anilines is 1. The van der Waals surface area contributed by atoms with Crippen molar-refractivity contribution in [1.82, 2.24) is 15.1 Å². The molecule has 2 aromatic rings. The molecule has 114 valence electrons. The van der Waals surface area contributed by atoms with Gasteiger partial charge in [0, 0.05) is 50.2 Å². The number of para-hydroxylation sites is 1. The smallest absolute Gasteiger partial charge is 0.0539 e. The Hall–Kier alpha value is -1.81. The highest BCUT2D eigenvalue weighted by molar-refractivity contribution is 5.53. The lowest BCUT2D eigenvalue weighted by Gasteiger charge is -2.25. The molecule has 0 unspecified atom stereocenters. The fourth-order valence-electron chi connectivity index (χ4n) is 2.31. The van der Waals surface area contributed by atoms with E-state index in [4.69, 9.17) is 0 Å². The number of hydrogen-bond acceptors (Lipinski definition) is 3. The Bertz CT molecular complexity index is 580. The maximum Gasteiger partial charge on any atom is 0.0539 e. The fourth-order valence-corrected chi connectivity index (χ4v) is 2.31. The molecular formula is C17H26N4. The summed E-state index contributed by atoms with van der Waals surface area (Å²) in [6.45, 7) is 8.30. The standard InChI is InChI=1S/C17H26N4/c1-17(2,3)18-11-15-8-6-7-9-16(15)20(4)12-14-10-19-21(5)13-14/h6-10,13,18H,11-12H2,1-5H3. The maximum absolute atomic E-state index is 4.23. The Morgan fingerprint density at radius 2 is 1.95 bits per heavy atom. The first-order chi connectivity index (χ1) is 9.85. The van der Waals surface area contributed by atoms with Crippen LogP contribution < -0.4 is 10.2 Å². The van der Waals surface area contributed by atoms with Crippen LogP contribution in [0.5, 0.6) is 0 Å². The van der Waals surface area contributed by atoms with Gasteiger partial charge < -0.3 is 10.2 Å². The van der Waals surface area contributed by atoms with E-state index in [1.807, 2.05) is 17.9 Å². The summed E-state index contributed by atoms with van der Waals surface area (Å²) >= 11 is 0. The second kappa shape index (κ2) is 6.31. The Balaban J connectivity index is 2.11. The van der Waals surface area contributed by atoms with Gasteiger partial charge in [0.25, 0.3) is 0 Å². The highest BCUT2D eigenvalue weighted by atomic mass is 15.2. The maximum atomic E-state index is 4.23. The van der Waals surface area contributed by atoms with E-state index in [2.05, 4.69) is 73.6 Å². The molecule has 2 rings (SSSR count). The number of nitrogens with one attached hydrogen (secondary N) is 1. The molecule has 0 saturated carbocycles. The fraction of sp³-hybridized carbons (Fsp3) is 0.471. The molecule has 0 saturated heterocycles. The molecular weight excluding hydrogens is 260 g/mol. The largest absolute Gasteiger partial charge is 0.370 e. The average molecular weight is 286 g/mol. The molecule has 4 nitrogen and oxygen atoms in total. The van der Waals surface area contributed by atoms with Crippen molar-refractivity contribution in [2.75, 3.05) is 11.9 Å². The van der Waals surface area contributed by atoms with Gasteiger partial charge in [0.2, 0.25) is 0 Å². The van der Waals surface area contributed by atoms with Crippen LogP contribution in [0.3, 0.4) is 0 Å². The minimum atomic E-state index is 0.120. The summed E-state index contributed by atoms with van der Waals surface area (Å²) in [6.07, 6.45) is 3.99. The molecule has 0 aliphatic heterocycles. The van der Waals surface area contributed by atoms with Gasteiger partial charge in [0.1, 0.15) is 0 Å². The van der Waals surface area contributed by atoms with Crippen LogP contribution in [-0.4, -0.2) is 22.4 Å². The number of benzene rings is 1. The molecule has 1 heterocycles. The molecule has 0 aliphatic rings. The third-order valence-electron chi connectivity index (χ3n) is 3.39. The van der Waals surface area contributed by atoms with E-state index < -0.39 is 0 Å². The predicted octanol–water partition coefficient (Wildman–Crippen LogP) is 2.94. The van der Waals surface area contributed by atoms with Crippen molar-refractivity contribution >= 4 is 5.69 Å². The van der Waals surface area contributed by atoms with Crippen LogP contribution >= 0.6 is 0 Å². The molecule has 0 spiro atoms. The van der Waals surface area contributed by atoms with Crippen molar-refractivity contribution in [2.24, 2.45) is 7.05 Å². The summed E-state index contributed by atoms with van der Waals surface area (Å²) in [6, 6.07) is 8.56. The van der Waals surface area contributed by atoms with Crippen molar-refractivity contribution < 1.29 is 0 Å². The molecule has 0 bridgehead atoms. The number of rotatable bonds is 5. The zero-order valence-corrected chi connectivity index (χ0v) is 13.7. The first-order valence-electron chi connectivity index (χ1n) is 7.37. The van der Waals surface area contributed by atoms with Crippen molar-refractivity contribution in [3.8, 4) is 0 Å². The molecule has 0 atom stereocenters. The normalized spacial score (nSPS) is 11.7. The Labute approximate surface area is 127 Å². The summed E-state index contributed by atoms with van der Waals surface area (Å²) in [5.74, 6) is 0. The number of nitrogens with zero attached hydrogens (tertiary/aromatic N) is 3. The number of aryl methyl sites for hydroxylation is 1. The molecule has 1 aromatic heterocycles. The zero-order valence-electron chi connectivity index (χ0n) is 13.7. The number of hydrogen-bond donors (Lipinski definition) is 1. The monoisotopic (exact) mass is 286 g/mol. The summed E-state index contributed by atoms with van der Waals surface area (Å²) < 4.78 is 1.84. The topological polar surface area (TPSA) is 33.1 Å². The van der Waals surface area contributed by atoms with Crippen LogP contribution in [0.1, 0.15) is 31.9 Å². The van der Waals surface area contributed by atoms with Crippen molar-refractivity contribution in [2.45, 2.75) is 39.4 Å². The second-order valence-electron chi connectivity index (χ2n) is 6.61. The molecule has 0 aliphatic carbocycles. The van der Waals surface area contributed by atoms with Crippen LogP contribution in [-0.2, 0) is 20.1 Å². The van der Waals surface area contributed by atoms with E-state index in [1.165, 1.54) is 16.8 Å². The van der Waals surface area contributed by atoms with E-state index in [0.29, 0.717) is 0 Å². The molecule has 0 amide bonds. The van der Waals surface area contributed by atoms with Crippen molar-refractivity contribution in [1.29, 1.82) is 0 Å². The van der Waals surface area contributed by atoms with Gasteiger partial charge in [-0.3, -0.25) is 4.68 Å². The first-order valence-corrected chi connectivity index (χ1v) is 7.37. The third-order valence-corrected chi connectivity index (χ3v) is 3.39. The number of aromatic nitrogens is 2. The minimum absolute atomic E-state index is 0.120. The van der Waals surface area contributed by atoms with E-state index in [9.17, 15) is 0 Å². The summed E-state index contributed by atoms with van der Waals surface area (Å²) in [4.78, 5) is 2.27. The van der Waals surface area contributed by atoms with E-state index in [1.54, 1.807) is 0 Å². The average Bonchev–Trinajstić information content (AvgIpc) is 2.81. The van der Waals surface area contributed by atoms with E-state index in [-0.39, 0.29) is 5.54 Å². The van der Waals surface area contributed by atoms with Gasteiger partial charge >= 0.3 is 0 Å². The molecule has 21 heavy (non-hydrogen) atoms. The molecule has 1 N–H and O–H groups in total. The Morgan fingerprint density at radius 3 is 2.57 bits per heavy atom. The van der Waals surface area contributed by atoms with Gasteiger partial charge in [0.15, 0.2) is 0 Å². The Morgan fingerprint density at radius 1 is 1.24 bits per heavy atom. The van der Waals surface area contributed by atoms with Crippen LogP contribution in [0, 0.1) is 0 Å². The first kappa shape index (κ1) is 15.6. The lowest BCUT2D eigenvalue weighted by Crippen LogP contribution is -2.35. The lowest BCUT2D eigenvalue weighted by atomic mass is 10.1. The molecule has 4 heteroatoms.